The molecular formula is C21H30IN5O3. The number of aliphatic imine (C=N–C) groups is 1. The van der Waals surface area contributed by atoms with E-state index in [1.807, 2.05) is 25.1 Å². The second kappa shape index (κ2) is 11.7. The predicted molar refractivity (Wildman–Crippen MR) is 129 cm³/mol. The van der Waals surface area contributed by atoms with Gasteiger partial charge in [-0.25, -0.2) is 0 Å². The van der Waals surface area contributed by atoms with Crippen molar-refractivity contribution in [3.63, 3.8) is 0 Å². The van der Waals surface area contributed by atoms with Gasteiger partial charge in [-0.15, -0.1) is 24.0 Å². The van der Waals surface area contributed by atoms with Crippen LogP contribution >= 0.6 is 24.0 Å². The number of aryl methyl sites for hydroxylation is 1. The molecule has 1 amide bonds. The lowest BCUT2D eigenvalue weighted by molar-refractivity contribution is 0.0925. The van der Waals surface area contributed by atoms with Gasteiger partial charge in [0.2, 0.25) is 0 Å². The zero-order chi connectivity index (χ0) is 20.6. The Labute approximate surface area is 194 Å². The van der Waals surface area contributed by atoms with Crippen LogP contribution in [0.2, 0.25) is 0 Å². The van der Waals surface area contributed by atoms with Gasteiger partial charge < -0.3 is 30.0 Å². The van der Waals surface area contributed by atoms with E-state index in [-0.39, 0.29) is 29.9 Å². The molecule has 1 aliphatic rings. The highest BCUT2D eigenvalue weighted by Gasteiger charge is 2.21. The fourth-order valence-corrected chi connectivity index (χ4v) is 3.40. The maximum absolute atomic E-state index is 12.0. The number of hydrogen-bond acceptors (Lipinski definition) is 5. The van der Waals surface area contributed by atoms with Crippen molar-refractivity contribution in [1.82, 2.24) is 15.5 Å². The van der Waals surface area contributed by atoms with Crippen LogP contribution in [0.4, 0.5) is 5.69 Å². The van der Waals surface area contributed by atoms with Crippen molar-refractivity contribution in [1.29, 1.82) is 0 Å². The second-order valence-corrected chi connectivity index (χ2v) is 6.98. The average molecular weight is 527 g/mol. The minimum absolute atomic E-state index is 0. The van der Waals surface area contributed by atoms with Gasteiger partial charge in [-0.05, 0) is 31.5 Å². The topological polar surface area (TPSA) is 93.3 Å². The minimum Gasteiger partial charge on any atom is -0.506 e. The Morgan fingerprint density at radius 3 is 2.47 bits per heavy atom. The number of anilines is 1. The Morgan fingerprint density at radius 1 is 1.13 bits per heavy atom. The van der Waals surface area contributed by atoms with Gasteiger partial charge in [0.1, 0.15) is 5.75 Å². The summed E-state index contributed by atoms with van der Waals surface area (Å²) in [7, 11) is 1.78. The van der Waals surface area contributed by atoms with E-state index in [1.54, 1.807) is 19.2 Å². The molecule has 1 aromatic heterocycles. The molecule has 0 aliphatic carbocycles. The van der Waals surface area contributed by atoms with Gasteiger partial charge in [0.05, 0.1) is 12.0 Å². The highest BCUT2D eigenvalue weighted by atomic mass is 127. The molecule has 8 nitrogen and oxygen atoms in total. The van der Waals surface area contributed by atoms with E-state index >= 15 is 0 Å². The van der Waals surface area contributed by atoms with E-state index in [2.05, 4.69) is 25.4 Å². The number of carbonyl (C=O) groups excluding carboxylic acids is 1. The average Bonchev–Trinajstić information content (AvgIpc) is 3.17. The number of phenolic OH excluding ortho intramolecular Hbond substituents is 1. The van der Waals surface area contributed by atoms with Crippen LogP contribution in [0.3, 0.4) is 0 Å². The summed E-state index contributed by atoms with van der Waals surface area (Å²) >= 11 is 0. The van der Waals surface area contributed by atoms with E-state index < -0.39 is 0 Å². The summed E-state index contributed by atoms with van der Waals surface area (Å²) < 4.78 is 5.19. The molecule has 1 aliphatic heterocycles. The Balaban J connectivity index is 0.00000320. The van der Waals surface area contributed by atoms with E-state index in [4.69, 9.17) is 4.42 Å². The lowest BCUT2D eigenvalue weighted by atomic mass is 10.2. The molecule has 2 heterocycles. The SMILES string of the molecule is CN=C(NCCCNC(=O)c1occc1C)N1CCN(c2ccccc2O)CC1.I. The van der Waals surface area contributed by atoms with Crippen molar-refractivity contribution in [2.24, 2.45) is 4.99 Å². The van der Waals surface area contributed by atoms with Gasteiger partial charge in [-0.3, -0.25) is 9.79 Å². The third kappa shape index (κ3) is 6.04. The number of furan rings is 1. The Bertz CT molecular complexity index is 847. The standard InChI is InChI=1S/C21H29N5O3.HI/c1-16-8-15-29-19(16)20(28)23-9-5-10-24-21(22-2)26-13-11-25(12-14-26)17-6-3-4-7-18(17)27;/h3-4,6-8,15,27H,5,9-14H2,1-2H3,(H,22,24)(H,23,28);1H. The molecule has 1 saturated heterocycles. The molecule has 1 fully saturated rings. The van der Waals surface area contributed by atoms with Crippen molar-refractivity contribution in [2.45, 2.75) is 13.3 Å². The first-order valence-electron chi connectivity index (χ1n) is 9.91. The normalized spacial score (nSPS) is 14.3. The van der Waals surface area contributed by atoms with Crippen LogP contribution in [0.25, 0.3) is 0 Å². The molecule has 164 valence electrons. The second-order valence-electron chi connectivity index (χ2n) is 6.98. The number of phenols is 1. The Hall–Kier alpha value is -2.43. The van der Waals surface area contributed by atoms with E-state index in [0.29, 0.717) is 24.6 Å². The highest BCUT2D eigenvalue weighted by molar-refractivity contribution is 14.0. The van der Waals surface area contributed by atoms with Crippen molar-refractivity contribution in [3.05, 3.63) is 47.9 Å². The maximum atomic E-state index is 12.0. The molecule has 0 radical (unpaired) electrons. The Kier molecular flexibility index (Phi) is 9.28. The predicted octanol–water partition coefficient (Wildman–Crippen LogP) is 2.43. The first-order chi connectivity index (χ1) is 14.1. The monoisotopic (exact) mass is 527 g/mol. The quantitative estimate of drug-likeness (QED) is 0.231. The lowest BCUT2D eigenvalue weighted by Gasteiger charge is -2.37. The zero-order valence-electron chi connectivity index (χ0n) is 17.4. The van der Waals surface area contributed by atoms with Crippen LogP contribution in [0.5, 0.6) is 5.75 Å². The zero-order valence-corrected chi connectivity index (χ0v) is 19.8. The molecule has 3 N–H and O–H groups in total. The summed E-state index contributed by atoms with van der Waals surface area (Å²) in [6, 6.07) is 9.21. The summed E-state index contributed by atoms with van der Waals surface area (Å²) in [6.45, 7) is 6.40. The number of piperazine rings is 1. The molecule has 1 aromatic carbocycles. The number of para-hydroxylation sites is 2. The van der Waals surface area contributed by atoms with Crippen LogP contribution in [-0.4, -0.2) is 68.2 Å². The van der Waals surface area contributed by atoms with Crippen LogP contribution in [-0.2, 0) is 0 Å². The number of nitrogens with one attached hydrogen (secondary N) is 2. The van der Waals surface area contributed by atoms with E-state index in [1.165, 1.54) is 6.26 Å². The van der Waals surface area contributed by atoms with Gasteiger partial charge in [-0.1, -0.05) is 12.1 Å². The molecule has 9 heteroatoms. The summed E-state index contributed by atoms with van der Waals surface area (Å²) in [5.74, 6) is 1.36. The number of hydrogen-bond donors (Lipinski definition) is 3. The molecule has 0 atom stereocenters. The van der Waals surface area contributed by atoms with E-state index in [9.17, 15) is 9.90 Å². The molecule has 0 bridgehead atoms. The lowest BCUT2D eigenvalue weighted by Crippen LogP contribution is -2.52. The largest absolute Gasteiger partial charge is 0.506 e. The molecule has 0 unspecified atom stereocenters. The summed E-state index contributed by atoms with van der Waals surface area (Å²) in [5, 5.41) is 16.3. The van der Waals surface area contributed by atoms with Crippen LogP contribution in [0.15, 0.2) is 46.0 Å². The summed E-state index contributed by atoms with van der Waals surface area (Å²) in [4.78, 5) is 20.8. The smallest absolute Gasteiger partial charge is 0.287 e. The summed E-state index contributed by atoms with van der Waals surface area (Å²) in [6.07, 6.45) is 2.30. The third-order valence-electron chi connectivity index (χ3n) is 5.00. The van der Waals surface area contributed by atoms with Gasteiger partial charge >= 0.3 is 0 Å². The molecular weight excluding hydrogens is 497 g/mol. The van der Waals surface area contributed by atoms with Gasteiger partial charge in [0.25, 0.3) is 5.91 Å². The van der Waals surface area contributed by atoms with Gasteiger partial charge in [-0.2, -0.15) is 0 Å². The van der Waals surface area contributed by atoms with Crippen molar-refractivity contribution < 1.29 is 14.3 Å². The number of benzene rings is 1. The number of amides is 1. The molecule has 2 aromatic rings. The molecule has 30 heavy (non-hydrogen) atoms. The number of nitrogens with zero attached hydrogens (tertiary/aromatic N) is 3. The number of guanidine groups is 1. The van der Waals surface area contributed by atoms with Crippen LogP contribution in [0, 0.1) is 6.92 Å². The van der Waals surface area contributed by atoms with Crippen molar-refractivity contribution in [3.8, 4) is 5.75 Å². The molecule has 0 saturated carbocycles. The van der Waals surface area contributed by atoms with Crippen LogP contribution in [0.1, 0.15) is 22.5 Å². The fourth-order valence-electron chi connectivity index (χ4n) is 3.40. The summed E-state index contributed by atoms with van der Waals surface area (Å²) in [5.41, 5.74) is 1.71. The van der Waals surface area contributed by atoms with Crippen molar-refractivity contribution in [2.75, 3.05) is 51.2 Å². The number of halogens is 1. The number of carbonyl (C=O) groups is 1. The number of aromatic hydroxyl groups is 1. The van der Waals surface area contributed by atoms with Crippen LogP contribution < -0.4 is 15.5 Å². The fraction of sp³-hybridized carbons (Fsp3) is 0.429. The molecule has 0 spiro atoms. The maximum Gasteiger partial charge on any atom is 0.287 e. The first kappa shape index (κ1) is 23.8. The van der Waals surface area contributed by atoms with E-state index in [0.717, 1.165) is 49.8 Å². The minimum atomic E-state index is -0.183. The van der Waals surface area contributed by atoms with Gasteiger partial charge in [0.15, 0.2) is 11.7 Å². The molecule has 3 rings (SSSR count). The number of rotatable bonds is 6. The van der Waals surface area contributed by atoms with Gasteiger partial charge in [0, 0.05) is 51.9 Å². The van der Waals surface area contributed by atoms with Crippen molar-refractivity contribution >= 4 is 41.5 Å². The highest BCUT2D eigenvalue weighted by Crippen LogP contribution is 2.27. The Morgan fingerprint density at radius 2 is 1.83 bits per heavy atom. The first-order valence-corrected chi connectivity index (χ1v) is 9.91. The third-order valence-corrected chi connectivity index (χ3v) is 5.00.